The smallest absolute Gasteiger partial charge is 0.356 e. The molecule has 2 aromatic heterocycles. The highest BCUT2D eigenvalue weighted by molar-refractivity contribution is 7.53. The fourth-order valence-electron chi connectivity index (χ4n) is 3.21. The summed E-state index contributed by atoms with van der Waals surface area (Å²) in [5.41, 5.74) is 7.19. The number of morpholine rings is 1. The zero-order valence-corrected chi connectivity index (χ0v) is 18.9. The number of anilines is 2. The van der Waals surface area contributed by atoms with Crippen LogP contribution in [0.1, 0.15) is 27.7 Å². The minimum absolute atomic E-state index is 0.115. The zero-order valence-electron chi connectivity index (χ0n) is 18.0. The Balaban J connectivity index is 1.69. The van der Waals surface area contributed by atoms with Crippen LogP contribution < -0.4 is 10.6 Å². The highest BCUT2D eigenvalue weighted by Crippen LogP contribution is 2.50. The van der Waals surface area contributed by atoms with Crippen LogP contribution in [-0.2, 0) is 29.6 Å². The third kappa shape index (κ3) is 5.89. The van der Waals surface area contributed by atoms with Gasteiger partial charge in [-0.1, -0.05) is 0 Å². The first-order valence-electron chi connectivity index (χ1n) is 10.1. The van der Waals surface area contributed by atoms with Crippen LogP contribution in [0.4, 0.5) is 11.8 Å². The van der Waals surface area contributed by atoms with E-state index in [1.807, 2.05) is 32.3 Å². The molecule has 0 amide bonds. The summed E-state index contributed by atoms with van der Waals surface area (Å²) in [5, 5.41) is 0. The lowest BCUT2D eigenvalue weighted by Gasteiger charge is -2.28. The van der Waals surface area contributed by atoms with Gasteiger partial charge >= 0.3 is 7.60 Å². The maximum atomic E-state index is 12.9. The quantitative estimate of drug-likeness (QED) is 0.432. The van der Waals surface area contributed by atoms with Crippen molar-refractivity contribution in [2.75, 3.05) is 49.9 Å². The number of imidazole rings is 1. The van der Waals surface area contributed by atoms with Gasteiger partial charge in [0.1, 0.15) is 11.9 Å². The first-order valence-corrected chi connectivity index (χ1v) is 11.8. The summed E-state index contributed by atoms with van der Waals surface area (Å²) in [6.07, 6.45) is 1.11. The van der Waals surface area contributed by atoms with Gasteiger partial charge in [-0.15, -0.1) is 0 Å². The van der Waals surface area contributed by atoms with Crippen LogP contribution in [0, 0.1) is 0 Å². The summed E-state index contributed by atoms with van der Waals surface area (Å²) in [6, 6.07) is 0. The minimum Gasteiger partial charge on any atom is -0.378 e. The Morgan fingerprint density at radius 2 is 1.83 bits per heavy atom. The van der Waals surface area contributed by atoms with Crippen molar-refractivity contribution in [1.29, 1.82) is 0 Å². The van der Waals surface area contributed by atoms with Crippen molar-refractivity contribution in [3.63, 3.8) is 0 Å². The number of hydrogen-bond acceptors (Lipinski definition) is 10. The summed E-state index contributed by atoms with van der Waals surface area (Å²) in [6.45, 7) is 10.7. The highest BCUT2D eigenvalue weighted by atomic mass is 31.2. The van der Waals surface area contributed by atoms with Gasteiger partial charge in [0.2, 0.25) is 5.95 Å². The molecule has 2 N–H and O–H groups in total. The molecule has 3 rings (SSSR count). The van der Waals surface area contributed by atoms with Crippen LogP contribution in [0.3, 0.4) is 0 Å². The van der Waals surface area contributed by atoms with Gasteiger partial charge in [0, 0.05) is 19.6 Å². The fraction of sp³-hybridized carbons (Fsp3) is 0.722. The highest BCUT2D eigenvalue weighted by Gasteiger charge is 2.28. The molecule has 12 heteroatoms. The molecule has 0 aliphatic carbocycles. The van der Waals surface area contributed by atoms with Gasteiger partial charge in [-0.25, -0.2) is 4.98 Å². The van der Waals surface area contributed by atoms with Crippen LogP contribution in [0.2, 0.25) is 0 Å². The number of nitrogens with two attached hydrogens (primary N) is 1. The molecule has 1 aliphatic heterocycles. The molecule has 168 valence electrons. The van der Waals surface area contributed by atoms with Crippen molar-refractivity contribution in [3.05, 3.63) is 6.33 Å². The van der Waals surface area contributed by atoms with E-state index >= 15 is 0 Å². The number of hydrogen-bond donors (Lipinski definition) is 1. The second-order valence-corrected chi connectivity index (χ2v) is 9.47. The lowest BCUT2D eigenvalue weighted by Crippen LogP contribution is -2.37. The van der Waals surface area contributed by atoms with E-state index in [0.29, 0.717) is 32.0 Å². The van der Waals surface area contributed by atoms with Gasteiger partial charge in [0.15, 0.2) is 11.5 Å². The van der Waals surface area contributed by atoms with E-state index in [4.69, 9.17) is 24.3 Å². The van der Waals surface area contributed by atoms with Crippen molar-refractivity contribution in [2.45, 2.75) is 46.4 Å². The van der Waals surface area contributed by atoms with Gasteiger partial charge in [0.25, 0.3) is 0 Å². The molecule has 0 unspecified atom stereocenters. The molecule has 0 atom stereocenters. The third-order valence-electron chi connectivity index (χ3n) is 4.25. The van der Waals surface area contributed by atoms with E-state index in [-0.39, 0.29) is 24.5 Å². The number of ether oxygens (including phenoxy) is 2. The van der Waals surface area contributed by atoms with E-state index in [9.17, 15) is 4.57 Å². The molecule has 0 spiro atoms. The predicted molar refractivity (Wildman–Crippen MR) is 114 cm³/mol. The van der Waals surface area contributed by atoms with Crippen molar-refractivity contribution >= 4 is 30.5 Å². The molecule has 0 saturated carbocycles. The van der Waals surface area contributed by atoms with Gasteiger partial charge in [-0.3, -0.25) is 4.57 Å². The van der Waals surface area contributed by atoms with Crippen LogP contribution >= 0.6 is 7.60 Å². The monoisotopic (exact) mass is 442 g/mol. The largest absolute Gasteiger partial charge is 0.378 e. The molecular weight excluding hydrogens is 411 g/mol. The summed E-state index contributed by atoms with van der Waals surface area (Å²) < 4.78 is 36.9. The predicted octanol–water partition coefficient (Wildman–Crippen LogP) is 2.26. The Morgan fingerprint density at radius 3 is 2.47 bits per heavy atom. The number of nitrogens with zero attached hydrogens (tertiary/aromatic N) is 5. The third-order valence-corrected chi connectivity index (χ3v) is 6.23. The minimum atomic E-state index is -3.33. The van der Waals surface area contributed by atoms with E-state index in [0.717, 1.165) is 24.4 Å². The SMILES string of the molecule is CC(C)OP(=O)(COCCn1cnc2nc(N)nc(N3CCOCC3)c21)OC(C)C. The second-order valence-electron chi connectivity index (χ2n) is 7.57. The average Bonchev–Trinajstić information content (AvgIpc) is 3.06. The number of nitrogen functional groups attached to an aromatic ring is 1. The van der Waals surface area contributed by atoms with E-state index in [1.54, 1.807) is 6.33 Å². The molecule has 2 aromatic rings. The summed E-state index contributed by atoms with van der Waals surface area (Å²) >= 11 is 0. The molecule has 1 fully saturated rings. The molecule has 30 heavy (non-hydrogen) atoms. The van der Waals surface area contributed by atoms with Crippen LogP contribution in [-0.4, -0.2) is 71.0 Å². The molecular formula is C18H31N6O5P. The van der Waals surface area contributed by atoms with Crippen molar-refractivity contribution in [3.8, 4) is 0 Å². The lowest BCUT2D eigenvalue weighted by molar-refractivity contribution is 0.0961. The van der Waals surface area contributed by atoms with Crippen LogP contribution in [0.25, 0.3) is 11.2 Å². The topological polar surface area (TPSA) is 127 Å². The van der Waals surface area contributed by atoms with Gasteiger partial charge < -0.3 is 33.7 Å². The molecule has 1 saturated heterocycles. The maximum absolute atomic E-state index is 12.9. The summed E-state index contributed by atoms with van der Waals surface area (Å²) in [5.74, 6) is 0.915. The standard InChI is InChI=1S/C18H31N6O5P/c1-13(2)28-30(25,29-14(3)4)12-27-10-7-24-11-20-16-15(24)17(22-18(19)21-16)23-5-8-26-9-6-23/h11,13-14H,5-10,12H2,1-4H3,(H2,19,21,22). The molecule has 11 nitrogen and oxygen atoms in total. The van der Waals surface area contributed by atoms with Crippen molar-refractivity contribution in [2.24, 2.45) is 0 Å². The number of rotatable bonds is 10. The van der Waals surface area contributed by atoms with E-state index < -0.39 is 7.60 Å². The molecule has 3 heterocycles. The molecule has 1 aliphatic rings. The summed E-state index contributed by atoms with van der Waals surface area (Å²) in [4.78, 5) is 15.1. The number of fused-ring (bicyclic) bond motifs is 1. The summed E-state index contributed by atoms with van der Waals surface area (Å²) in [7, 11) is -3.33. The van der Waals surface area contributed by atoms with Gasteiger partial charge in [-0.05, 0) is 27.7 Å². The maximum Gasteiger partial charge on any atom is 0.356 e. The second kappa shape index (κ2) is 10.0. The van der Waals surface area contributed by atoms with E-state index in [1.165, 1.54) is 0 Å². The molecule has 0 aromatic carbocycles. The van der Waals surface area contributed by atoms with Crippen LogP contribution in [0.5, 0.6) is 0 Å². The molecule has 0 bridgehead atoms. The molecule has 0 radical (unpaired) electrons. The number of aromatic nitrogens is 4. The van der Waals surface area contributed by atoms with Crippen molar-refractivity contribution < 1.29 is 23.1 Å². The van der Waals surface area contributed by atoms with Crippen LogP contribution in [0.15, 0.2) is 6.33 Å². The Morgan fingerprint density at radius 1 is 1.17 bits per heavy atom. The first-order chi connectivity index (χ1) is 14.3. The Labute approximate surface area is 176 Å². The Kier molecular flexibility index (Phi) is 7.65. The van der Waals surface area contributed by atoms with Crippen molar-refractivity contribution in [1.82, 2.24) is 19.5 Å². The van der Waals surface area contributed by atoms with Gasteiger partial charge in [0.05, 0.1) is 38.4 Å². The Bertz CT molecular complexity index is 869. The zero-order chi connectivity index (χ0) is 21.7. The van der Waals surface area contributed by atoms with E-state index in [2.05, 4.69) is 19.9 Å². The fourth-order valence-corrected chi connectivity index (χ4v) is 5.02. The van der Waals surface area contributed by atoms with Gasteiger partial charge in [-0.2, -0.15) is 9.97 Å². The Hall–Kier alpha value is -1.78. The first kappa shape index (κ1) is 22.9. The lowest BCUT2D eigenvalue weighted by atomic mass is 10.3. The normalized spacial score (nSPS) is 15.6. The average molecular weight is 442 g/mol.